The Morgan fingerprint density at radius 3 is 2.41 bits per heavy atom. The van der Waals surface area contributed by atoms with Gasteiger partial charge in [0.2, 0.25) is 5.91 Å². The van der Waals surface area contributed by atoms with Gasteiger partial charge < -0.3 is 10.4 Å². The van der Waals surface area contributed by atoms with Gasteiger partial charge in [0.1, 0.15) is 6.04 Å². The zero-order valence-electron chi connectivity index (χ0n) is 11.1. The van der Waals surface area contributed by atoms with Gasteiger partial charge in [-0.2, -0.15) is 0 Å². The normalized spacial score (nSPS) is 30.5. The smallest absolute Gasteiger partial charge is 0.326 e. The summed E-state index contributed by atoms with van der Waals surface area (Å²) >= 11 is 0. The molecule has 0 spiro atoms. The summed E-state index contributed by atoms with van der Waals surface area (Å²) in [5.41, 5.74) is 0.0859. The van der Waals surface area contributed by atoms with E-state index < -0.39 is 12.0 Å². The molecule has 1 fully saturated rings. The molecule has 2 N–H and O–H groups in total. The molecule has 0 saturated heterocycles. The van der Waals surface area contributed by atoms with Crippen molar-refractivity contribution in [3.05, 3.63) is 0 Å². The molecule has 0 aromatic carbocycles. The summed E-state index contributed by atoms with van der Waals surface area (Å²) in [4.78, 5) is 23.0. The average molecular weight is 241 g/mol. The van der Waals surface area contributed by atoms with E-state index in [0.717, 1.165) is 19.3 Å². The Morgan fingerprint density at radius 2 is 2.06 bits per heavy atom. The van der Waals surface area contributed by atoms with Crippen LogP contribution < -0.4 is 5.32 Å². The van der Waals surface area contributed by atoms with Crippen molar-refractivity contribution in [1.82, 2.24) is 5.32 Å². The highest BCUT2D eigenvalue weighted by Crippen LogP contribution is 2.54. The van der Waals surface area contributed by atoms with E-state index in [-0.39, 0.29) is 23.2 Å². The molecule has 1 rings (SSSR count). The van der Waals surface area contributed by atoms with Gasteiger partial charge in [0.15, 0.2) is 0 Å². The number of hydrogen-bond acceptors (Lipinski definition) is 2. The van der Waals surface area contributed by atoms with Gasteiger partial charge in [0.05, 0.1) is 0 Å². The molecule has 0 heterocycles. The Labute approximate surface area is 103 Å². The topological polar surface area (TPSA) is 66.4 Å². The second-order valence-corrected chi connectivity index (χ2v) is 5.47. The molecular weight excluding hydrogens is 218 g/mol. The SMILES string of the molecule is CC[C@H](C)[C@H](NC(=O)C1CC1(C)CC)C(=O)O. The van der Waals surface area contributed by atoms with E-state index >= 15 is 0 Å². The summed E-state index contributed by atoms with van der Waals surface area (Å²) in [7, 11) is 0. The first kappa shape index (κ1) is 14.0. The van der Waals surface area contributed by atoms with Gasteiger partial charge >= 0.3 is 5.97 Å². The van der Waals surface area contributed by atoms with E-state index in [2.05, 4.69) is 19.2 Å². The summed E-state index contributed by atoms with van der Waals surface area (Å²) < 4.78 is 0. The number of hydrogen-bond donors (Lipinski definition) is 2. The predicted octanol–water partition coefficient (Wildman–Crippen LogP) is 2.04. The second kappa shape index (κ2) is 5.07. The van der Waals surface area contributed by atoms with Crippen molar-refractivity contribution in [2.75, 3.05) is 0 Å². The van der Waals surface area contributed by atoms with Crippen molar-refractivity contribution in [3.8, 4) is 0 Å². The van der Waals surface area contributed by atoms with Gasteiger partial charge in [-0.25, -0.2) is 4.79 Å². The molecule has 1 aliphatic carbocycles. The first-order valence-corrected chi connectivity index (χ1v) is 6.39. The minimum atomic E-state index is -0.938. The van der Waals surface area contributed by atoms with Crippen molar-refractivity contribution in [2.45, 2.75) is 53.0 Å². The van der Waals surface area contributed by atoms with Crippen LogP contribution in [-0.2, 0) is 9.59 Å². The Bertz CT molecular complexity index is 316. The monoisotopic (exact) mass is 241 g/mol. The van der Waals surface area contributed by atoms with E-state index in [1.807, 2.05) is 13.8 Å². The standard InChI is InChI=1S/C13H23NO3/c1-5-8(3)10(12(16)17)14-11(15)9-7-13(9,4)6-2/h8-10H,5-7H2,1-4H3,(H,14,15)(H,16,17)/t8-,9?,10-,13?/m0/s1. The second-order valence-electron chi connectivity index (χ2n) is 5.47. The van der Waals surface area contributed by atoms with E-state index in [0.29, 0.717) is 0 Å². The van der Waals surface area contributed by atoms with E-state index in [1.54, 1.807) is 0 Å². The maximum Gasteiger partial charge on any atom is 0.326 e. The number of carboxylic acids is 1. The molecule has 0 aromatic heterocycles. The minimum Gasteiger partial charge on any atom is -0.480 e. The molecule has 2 unspecified atom stereocenters. The zero-order valence-corrected chi connectivity index (χ0v) is 11.1. The van der Waals surface area contributed by atoms with Crippen LogP contribution in [0.4, 0.5) is 0 Å². The fourth-order valence-electron chi connectivity index (χ4n) is 2.14. The molecule has 0 radical (unpaired) electrons. The molecule has 1 aliphatic rings. The third-order valence-electron chi connectivity index (χ3n) is 4.25. The van der Waals surface area contributed by atoms with Crippen molar-refractivity contribution >= 4 is 11.9 Å². The number of nitrogens with one attached hydrogen (secondary N) is 1. The van der Waals surface area contributed by atoms with E-state index in [1.165, 1.54) is 0 Å². The summed E-state index contributed by atoms with van der Waals surface area (Å²) in [6, 6.07) is -0.755. The molecule has 1 amide bonds. The lowest BCUT2D eigenvalue weighted by atomic mass is 9.98. The zero-order chi connectivity index (χ0) is 13.2. The third kappa shape index (κ3) is 2.99. The van der Waals surface area contributed by atoms with Gasteiger partial charge in [0, 0.05) is 5.92 Å². The summed E-state index contributed by atoms with van der Waals surface area (Å²) in [6.07, 6.45) is 2.58. The van der Waals surface area contributed by atoms with Crippen LogP contribution in [-0.4, -0.2) is 23.0 Å². The first-order chi connectivity index (χ1) is 7.85. The number of carbonyl (C=O) groups is 2. The van der Waals surface area contributed by atoms with Crippen molar-refractivity contribution < 1.29 is 14.7 Å². The fourth-order valence-corrected chi connectivity index (χ4v) is 2.14. The van der Waals surface area contributed by atoms with Gasteiger partial charge in [0.25, 0.3) is 0 Å². The molecule has 0 bridgehead atoms. The summed E-state index contributed by atoms with van der Waals surface area (Å²) in [5, 5.41) is 11.8. The van der Waals surface area contributed by atoms with Crippen LogP contribution >= 0.6 is 0 Å². The number of amides is 1. The van der Waals surface area contributed by atoms with Crippen LogP contribution in [0.1, 0.15) is 47.0 Å². The van der Waals surface area contributed by atoms with Crippen LogP contribution in [0.15, 0.2) is 0 Å². The summed E-state index contributed by atoms with van der Waals surface area (Å²) in [6.45, 7) is 7.93. The molecule has 4 nitrogen and oxygen atoms in total. The van der Waals surface area contributed by atoms with Crippen LogP contribution in [0.25, 0.3) is 0 Å². The predicted molar refractivity (Wildman–Crippen MR) is 65.5 cm³/mol. The maximum absolute atomic E-state index is 11.9. The molecule has 0 aliphatic heterocycles. The Morgan fingerprint density at radius 1 is 1.47 bits per heavy atom. The number of carboxylic acid groups (broad SMARTS) is 1. The van der Waals surface area contributed by atoms with Crippen LogP contribution in [0.5, 0.6) is 0 Å². The molecule has 4 heteroatoms. The molecule has 17 heavy (non-hydrogen) atoms. The first-order valence-electron chi connectivity index (χ1n) is 6.39. The van der Waals surface area contributed by atoms with Crippen LogP contribution in [0.2, 0.25) is 0 Å². The summed E-state index contributed by atoms with van der Waals surface area (Å²) in [5.74, 6) is -1.07. The van der Waals surface area contributed by atoms with E-state index in [9.17, 15) is 9.59 Å². The van der Waals surface area contributed by atoms with Crippen molar-refractivity contribution in [2.24, 2.45) is 17.3 Å². The number of aliphatic carboxylic acids is 1. The quantitative estimate of drug-likeness (QED) is 0.747. The van der Waals surface area contributed by atoms with Crippen LogP contribution in [0.3, 0.4) is 0 Å². The lowest BCUT2D eigenvalue weighted by Gasteiger charge is -2.20. The van der Waals surface area contributed by atoms with Gasteiger partial charge in [-0.1, -0.05) is 34.1 Å². The Hall–Kier alpha value is -1.06. The molecular formula is C13H23NO3. The minimum absolute atomic E-state index is 0.00148. The largest absolute Gasteiger partial charge is 0.480 e. The third-order valence-corrected chi connectivity index (χ3v) is 4.25. The fraction of sp³-hybridized carbons (Fsp3) is 0.846. The molecule has 4 atom stereocenters. The van der Waals surface area contributed by atoms with Gasteiger partial charge in [-0.3, -0.25) is 4.79 Å². The Balaban J connectivity index is 2.58. The average Bonchev–Trinajstić information content (AvgIpc) is 2.97. The van der Waals surface area contributed by atoms with Gasteiger partial charge in [-0.05, 0) is 24.2 Å². The van der Waals surface area contributed by atoms with Crippen molar-refractivity contribution in [3.63, 3.8) is 0 Å². The highest BCUT2D eigenvalue weighted by atomic mass is 16.4. The van der Waals surface area contributed by atoms with Crippen LogP contribution in [0, 0.1) is 17.3 Å². The molecule has 0 aromatic rings. The lowest BCUT2D eigenvalue weighted by molar-refractivity contribution is -0.143. The molecule has 98 valence electrons. The van der Waals surface area contributed by atoms with Gasteiger partial charge in [-0.15, -0.1) is 0 Å². The highest BCUT2D eigenvalue weighted by molar-refractivity contribution is 5.87. The number of carbonyl (C=O) groups excluding carboxylic acids is 1. The highest BCUT2D eigenvalue weighted by Gasteiger charge is 2.53. The van der Waals surface area contributed by atoms with Crippen molar-refractivity contribution in [1.29, 1.82) is 0 Å². The van der Waals surface area contributed by atoms with E-state index in [4.69, 9.17) is 5.11 Å². The number of rotatable bonds is 6. The molecule has 1 saturated carbocycles. The lowest BCUT2D eigenvalue weighted by Crippen LogP contribution is -2.46. The Kier molecular flexibility index (Phi) is 4.17. The maximum atomic E-state index is 11.9.